The predicted octanol–water partition coefficient (Wildman–Crippen LogP) is 4.68. The second-order valence-corrected chi connectivity index (χ2v) is 9.08. The first kappa shape index (κ1) is 23.1. The fourth-order valence-corrected chi connectivity index (χ4v) is 4.58. The molecule has 3 rings (SSSR count). The number of carbonyl (C=O) groups is 1. The van der Waals surface area contributed by atoms with E-state index in [0.29, 0.717) is 28.4 Å². The third-order valence-corrected chi connectivity index (χ3v) is 6.54. The van der Waals surface area contributed by atoms with Gasteiger partial charge in [0.05, 0.1) is 30.5 Å². The molecule has 0 fully saturated rings. The van der Waals surface area contributed by atoms with Crippen molar-refractivity contribution in [1.82, 2.24) is 0 Å². The van der Waals surface area contributed by atoms with Gasteiger partial charge in [-0.05, 0) is 67.8 Å². The lowest BCUT2D eigenvalue weighted by atomic mass is 10.1. The van der Waals surface area contributed by atoms with Crippen LogP contribution in [0.4, 0.5) is 11.4 Å². The average molecular weight is 455 g/mol. The second kappa shape index (κ2) is 9.32. The Morgan fingerprint density at radius 3 is 2.22 bits per heavy atom. The molecule has 0 aliphatic carbocycles. The zero-order chi connectivity index (χ0) is 23.5. The first-order valence-corrected chi connectivity index (χ1v) is 11.4. The van der Waals surface area contributed by atoms with Crippen molar-refractivity contribution in [1.29, 1.82) is 0 Å². The van der Waals surface area contributed by atoms with Gasteiger partial charge in [-0.3, -0.25) is 9.52 Å². The number of hydrogen-bond acceptors (Lipinski definition) is 5. The summed E-state index contributed by atoms with van der Waals surface area (Å²) in [6.45, 7) is 5.40. The predicted molar refractivity (Wildman–Crippen MR) is 125 cm³/mol. The van der Waals surface area contributed by atoms with E-state index in [1.807, 2.05) is 26.0 Å². The lowest BCUT2D eigenvalue weighted by Gasteiger charge is -2.15. The van der Waals surface area contributed by atoms with E-state index in [0.717, 1.165) is 11.1 Å². The molecule has 0 atom stereocenters. The summed E-state index contributed by atoms with van der Waals surface area (Å²) in [5.74, 6) is 0.529. The molecule has 0 spiro atoms. The van der Waals surface area contributed by atoms with Crippen LogP contribution in [0.5, 0.6) is 11.5 Å². The molecule has 3 aromatic rings. The number of hydrogen-bond donors (Lipinski definition) is 2. The Balaban J connectivity index is 1.93. The van der Waals surface area contributed by atoms with Gasteiger partial charge in [0.15, 0.2) is 0 Å². The number of methoxy groups -OCH3 is 2. The van der Waals surface area contributed by atoms with Crippen LogP contribution < -0.4 is 19.5 Å². The zero-order valence-electron chi connectivity index (χ0n) is 18.6. The van der Waals surface area contributed by atoms with E-state index in [1.54, 1.807) is 43.3 Å². The van der Waals surface area contributed by atoms with E-state index in [-0.39, 0.29) is 10.5 Å². The van der Waals surface area contributed by atoms with Crippen molar-refractivity contribution in [3.63, 3.8) is 0 Å². The smallest absolute Gasteiger partial charge is 0.262 e. The van der Waals surface area contributed by atoms with Gasteiger partial charge in [0.25, 0.3) is 15.9 Å². The molecular formula is C24H26N2O5S. The van der Waals surface area contributed by atoms with Gasteiger partial charge in [-0.1, -0.05) is 18.2 Å². The number of anilines is 2. The van der Waals surface area contributed by atoms with Gasteiger partial charge in [-0.15, -0.1) is 0 Å². The quantitative estimate of drug-likeness (QED) is 0.541. The van der Waals surface area contributed by atoms with Gasteiger partial charge >= 0.3 is 0 Å². The molecule has 0 unspecified atom stereocenters. The maximum atomic E-state index is 13.1. The molecule has 0 aliphatic rings. The van der Waals surface area contributed by atoms with Crippen molar-refractivity contribution < 1.29 is 22.7 Å². The van der Waals surface area contributed by atoms with Gasteiger partial charge in [-0.25, -0.2) is 8.42 Å². The molecule has 0 bridgehead atoms. The van der Waals surface area contributed by atoms with E-state index >= 15 is 0 Å². The van der Waals surface area contributed by atoms with Gasteiger partial charge in [0.1, 0.15) is 11.5 Å². The minimum Gasteiger partial charge on any atom is -0.497 e. The van der Waals surface area contributed by atoms with E-state index in [9.17, 15) is 13.2 Å². The van der Waals surface area contributed by atoms with Gasteiger partial charge in [0.2, 0.25) is 0 Å². The standard InChI is InChI=1S/C24H26N2O5S/c1-15-6-7-16(2)20(12-15)26-32(28,29)23-13-18(9-8-17(23)3)24(27)25-21-14-19(30-4)10-11-22(21)31-5/h6-14,26H,1-5H3,(H,25,27). The van der Waals surface area contributed by atoms with E-state index in [1.165, 1.54) is 20.3 Å². The largest absolute Gasteiger partial charge is 0.497 e. The summed E-state index contributed by atoms with van der Waals surface area (Å²) in [7, 11) is -0.896. The van der Waals surface area contributed by atoms with Crippen LogP contribution in [0, 0.1) is 20.8 Å². The van der Waals surface area contributed by atoms with Crippen molar-refractivity contribution in [2.45, 2.75) is 25.7 Å². The summed E-state index contributed by atoms with van der Waals surface area (Å²) in [6, 6.07) is 15.1. The minimum absolute atomic E-state index is 0.0312. The molecule has 3 aromatic carbocycles. The number of ether oxygens (including phenoxy) is 2. The van der Waals surface area contributed by atoms with Gasteiger partial charge in [0, 0.05) is 11.6 Å². The van der Waals surface area contributed by atoms with E-state index in [4.69, 9.17) is 9.47 Å². The van der Waals surface area contributed by atoms with Gasteiger partial charge in [-0.2, -0.15) is 0 Å². The summed E-state index contributed by atoms with van der Waals surface area (Å²) in [4.78, 5) is 12.9. The molecule has 0 heterocycles. The normalized spacial score (nSPS) is 11.0. The number of amides is 1. The monoisotopic (exact) mass is 454 g/mol. The summed E-state index contributed by atoms with van der Waals surface area (Å²) < 4.78 is 39.4. The Bertz CT molecular complexity index is 1270. The number of aryl methyl sites for hydroxylation is 3. The second-order valence-electron chi connectivity index (χ2n) is 7.42. The highest BCUT2D eigenvalue weighted by molar-refractivity contribution is 7.92. The van der Waals surface area contributed by atoms with Crippen LogP contribution in [-0.2, 0) is 10.0 Å². The molecule has 32 heavy (non-hydrogen) atoms. The molecule has 8 heteroatoms. The molecular weight excluding hydrogens is 428 g/mol. The molecule has 2 N–H and O–H groups in total. The molecule has 7 nitrogen and oxygen atoms in total. The molecule has 0 saturated heterocycles. The van der Waals surface area contributed by atoms with Crippen LogP contribution in [0.1, 0.15) is 27.0 Å². The lowest BCUT2D eigenvalue weighted by molar-refractivity contribution is 0.102. The highest BCUT2D eigenvalue weighted by Gasteiger charge is 2.21. The fraction of sp³-hybridized carbons (Fsp3) is 0.208. The van der Waals surface area contributed by atoms with E-state index in [2.05, 4.69) is 10.0 Å². The fourth-order valence-electron chi connectivity index (χ4n) is 3.18. The third kappa shape index (κ3) is 5.03. The maximum Gasteiger partial charge on any atom is 0.262 e. The first-order valence-electron chi connectivity index (χ1n) is 9.88. The average Bonchev–Trinajstić information content (AvgIpc) is 2.76. The summed E-state index contributed by atoms with van der Waals surface area (Å²) in [5, 5.41) is 2.76. The summed E-state index contributed by atoms with van der Waals surface area (Å²) in [6.07, 6.45) is 0. The molecule has 0 radical (unpaired) electrons. The number of sulfonamides is 1. The van der Waals surface area contributed by atoms with Crippen molar-refractivity contribution in [2.75, 3.05) is 24.3 Å². The highest BCUT2D eigenvalue weighted by Crippen LogP contribution is 2.30. The van der Waals surface area contributed by atoms with Crippen LogP contribution in [0.2, 0.25) is 0 Å². The van der Waals surface area contributed by atoms with Crippen molar-refractivity contribution in [2.24, 2.45) is 0 Å². The Labute approximate surface area is 188 Å². The molecule has 0 aromatic heterocycles. The SMILES string of the molecule is COc1ccc(OC)c(NC(=O)c2ccc(C)c(S(=O)(=O)Nc3cc(C)ccc3C)c2)c1. The minimum atomic E-state index is -3.91. The summed E-state index contributed by atoms with van der Waals surface area (Å²) >= 11 is 0. The Kier molecular flexibility index (Phi) is 6.74. The topological polar surface area (TPSA) is 93.7 Å². The van der Waals surface area contributed by atoms with Crippen molar-refractivity contribution in [3.05, 3.63) is 76.9 Å². The van der Waals surface area contributed by atoms with Crippen LogP contribution >= 0.6 is 0 Å². The van der Waals surface area contributed by atoms with Gasteiger partial charge < -0.3 is 14.8 Å². The third-order valence-electron chi connectivity index (χ3n) is 5.03. The number of benzene rings is 3. The summed E-state index contributed by atoms with van der Waals surface area (Å²) in [5.41, 5.74) is 3.37. The number of carbonyl (C=O) groups excluding carboxylic acids is 1. The van der Waals surface area contributed by atoms with Crippen LogP contribution in [-0.4, -0.2) is 28.5 Å². The van der Waals surface area contributed by atoms with Crippen molar-refractivity contribution in [3.8, 4) is 11.5 Å². The maximum absolute atomic E-state index is 13.1. The molecule has 1 amide bonds. The van der Waals surface area contributed by atoms with Crippen LogP contribution in [0.3, 0.4) is 0 Å². The van der Waals surface area contributed by atoms with Crippen molar-refractivity contribution >= 4 is 27.3 Å². The Morgan fingerprint density at radius 2 is 1.53 bits per heavy atom. The number of rotatable bonds is 7. The lowest BCUT2D eigenvalue weighted by Crippen LogP contribution is -2.18. The number of nitrogens with one attached hydrogen (secondary N) is 2. The first-order chi connectivity index (χ1) is 15.1. The van der Waals surface area contributed by atoms with E-state index < -0.39 is 15.9 Å². The Hall–Kier alpha value is -3.52. The van der Waals surface area contributed by atoms with Crippen LogP contribution in [0.15, 0.2) is 59.5 Å². The Morgan fingerprint density at radius 1 is 0.812 bits per heavy atom. The molecule has 168 valence electrons. The van der Waals surface area contributed by atoms with Crippen LogP contribution in [0.25, 0.3) is 0 Å². The molecule has 0 aliphatic heterocycles. The molecule has 0 saturated carbocycles. The zero-order valence-corrected chi connectivity index (χ0v) is 19.5. The highest BCUT2D eigenvalue weighted by atomic mass is 32.2.